The summed E-state index contributed by atoms with van der Waals surface area (Å²) in [6.45, 7) is 7.87. The molecule has 0 aliphatic carbocycles. The molecule has 22 heavy (non-hydrogen) atoms. The molecule has 1 N–H and O–H groups in total. The van der Waals surface area contributed by atoms with Gasteiger partial charge >= 0.3 is 5.97 Å². The van der Waals surface area contributed by atoms with Crippen LogP contribution in [0.3, 0.4) is 0 Å². The van der Waals surface area contributed by atoms with E-state index in [9.17, 15) is 9.90 Å². The first-order valence-corrected chi connectivity index (χ1v) is 8.90. The summed E-state index contributed by atoms with van der Waals surface area (Å²) in [5, 5.41) is 9.23. The lowest BCUT2D eigenvalue weighted by molar-refractivity contribution is -0.142. The van der Waals surface area contributed by atoms with Gasteiger partial charge in [-0.1, -0.05) is 51.0 Å². The average Bonchev–Trinajstić information content (AvgIpc) is 2.51. The number of hydrogen-bond acceptors (Lipinski definition) is 2. The van der Waals surface area contributed by atoms with E-state index in [1.165, 1.54) is 12.8 Å². The Hall–Kier alpha value is -1.09. The Morgan fingerprint density at radius 1 is 0.909 bits per heavy atom. The fourth-order valence-corrected chi connectivity index (χ4v) is 2.28. The quantitative estimate of drug-likeness (QED) is 0.361. The Morgan fingerprint density at radius 3 is 1.68 bits per heavy atom. The number of rotatable bonds is 14. The zero-order valence-electron chi connectivity index (χ0n) is 14.8. The lowest BCUT2D eigenvalue weighted by Crippen LogP contribution is -2.40. The number of unbranched alkanes of at least 4 members (excludes halogenated alkanes) is 4. The van der Waals surface area contributed by atoms with E-state index in [0.717, 1.165) is 51.6 Å². The van der Waals surface area contributed by atoms with E-state index >= 15 is 0 Å². The molecule has 0 aliphatic rings. The van der Waals surface area contributed by atoms with Gasteiger partial charge < -0.3 is 5.11 Å². The van der Waals surface area contributed by atoms with Gasteiger partial charge in [0.1, 0.15) is 6.04 Å². The molecule has 1 atom stereocenters. The second kappa shape index (κ2) is 14.8. The molecule has 128 valence electrons. The summed E-state index contributed by atoms with van der Waals surface area (Å²) in [4.78, 5) is 13.3. The summed E-state index contributed by atoms with van der Waals surface area (Å²) in [6, 6.07) is -0.390. The van der Waals surface area contributed by atoms with Crippen molar-refractivity contribution in [3.63, 3.8) is 0 Å². The number of carbonyl (C=O) groups is 1. The van der Waals surface area contributed by atoms with Crippen molar-refractivity contribution >= 4 is 5.97 Å². The third-order valence-electron chi connectivity index (χ3n) is 3.78. The van der Waals surface area contributed by atoms with Crippen LogP contribution < -0.4 is 0 Å². The molecule has 0 fully saturated rings. The number of allylic oxidation sites excluding steroid dienone is 4. The van der Waals surface area contributed by atoms with E-state index in [1.54, 1.807) is 6.92 Å². The monoisotopic (exact) mass is 309 g/mol. The number of aliphatic carboxylic acids is 1. The van der Waals surface area contributed by atoms with Gasteiger partial charge in [0, 0.05) is 0 Å². The van der Waals surface area contributed by atoms with Crippen LogP contribution in [0.5, 0.6) is 0 Å². The maximum Gasteiger partial charge on any atom is 0.320 e. The maximum absolute atomic E-state index is 11.2. The summed E-state index contributed by atoms with van der Waals surface area (Å²) < 4.78 is 0. The van der Waals surface area contributed by atoms with Gasteiger partial charge in [0.25, 0.3) is 0 Å². The predicted octanol–water partition coefficient (Wildman–Crippen LogP) is 5.03. The number of hydrogen-bond donors (Lipinski definition) is 1. The van der Waals surface area contributed by atoms with E-state index in [-0.39, 0.29) is 6.04 Å². The van der Waals surface area contributed by atoms with E-state index in [0.29, 0.717) is 0 Å². The lowest BCUT2D eigenvalue weighted by Gasteiger charge is -2.25. The van der Waals surface area contributed by atoms with Gasteiger partial charge in [-0.15, -0.1) is 0 Å². The van der Waals surface area contributed by atoms with E-state index in [1.807, 2.05) is 0 Å². The molecular weight excluding hydrogens is 274 g/mol. The number of carboxylic acid groups (broad SMARTS) is 1. The van der Waals surface area contributed by atoms with Gasteiger partial charge in [-0.05, 0) is 58.5 Å². The highest BCUT2D eigenvalue weighted by Crippen LogP contribution is 2.07. The highest BCUT2D eigenvalue weighted by Gasteiger charge is 2.19. The largest absolute Gasteiger partial charge is 0.480 e. The molecule has 3 heteroatoms. The Kier molecular flexibility index (Phi) is 14.1. The molecule has 3 nitrogen and oxygen atoms in total. The third-order valence-corrected chi connectivity index (χ3v) is 3.78. The predicted molar refractivity (Wildman–Crippen MR) is 95.2 cm³/mol. The molecule has 0 aromatic rings. The van der Waals surface area contributed by atoms with Crippen molar-refractivity contribution in [2.24, 2.45) is 0 Å². The highest BCUT2D eigenvalue weighted by atomic mass is 16.4. The van der Waals surface area contributed by atoms with Gasteiger partial charge in [0.05, 0.1) is 0 Å². The van der Waals surface area contributed by atoms with Crippen molar-refractivity contribution in [1.82, 2.24) is 4.90 Å². The number of nitrogens with zero attached hydrogens (tertiary/aromatic N) is 1. The second-order valence-corrected chi connectivity index (χ2v) is 5.85. The van der Waals surface area contributed by atoms with Gasteiger partial charge in [-0.25, -0.2) is 0 Å². The lowest BCUT2D eigenvalue weighted by atomic mass is 10.2. The van der Waals surface area contributed by atoms with Crippen LogP contribution in [0.4, 0.5) is 0 Å². The first kappa shape index (κ1) is 20.9. The molecule has 0 rings (SSSR count). The fourth-order valence-electron chi connectivity index (χ4n) is 2.28. The fraction of sp³-hybridized carbons (Fsp3) is 0.737. The first-order chi connectivity index (χ1) is 10.6. The molecule has 0 saturated carbocycles. The second-order valence-electron chi connectivity index (χ2n) is 5.85. The van der Waals surface area contributed by atoms with Crippen molar-refractivity contribution in [1.29, 1.82) is 0 Å². The van der Waals surface area contributed by atoms with Crippen molar-refractivity contribution < 1.29 is 9.90 Å². The molecule has 0 aromatic carbocycles. The molecule has 0 bridgehead atoms. The summed E-state index contributed by atoms with van der Waals surface area (Å²) in [5.41, 5.74) is 0. The minimum absolute atomic E-state index is 0.390. The van der Waals surface area contributed by atoms with Crippen LogP contribution >= 0.6 is 0 Å². The van der Waals surface area contributed by atoms with Gasteiger partial charge in [-0.2, -0.15) is 0 Å². The molecule has 0 spiro atoms. The van der Waals surface area contributed by atoms with Crippen LogP contribution in [0.15, 0.2) is 24.3 Å². The van der Waals surface area contributed by atoms with Crippen molar-refractivity contribution in [2.45, 2.75) is 78.2 Å². The normalized spacial score (nSPS) is 13.5. The van der Waals surface area contributed by atoms with E-state index < -0.39 is 5.97 Å². The molecule has 0 radical (unpaired) electrons. The van der Waals surface area contributed by atoms with Gasteiger partial charge in [-0.3, -0.25) is 9.69 Å². The zero-order valence-corrected chi connectivity index (χ0v) is 14.8. The topological polar surface area (TPSA) is 40.5 Å². The molecule has 0 aromatic heterocycles. The van der Waals surface area contributed by atoms with Crippen molar-refractivity contribution in [3.05, 3.63) is 24.3 Å². The van der Waals surface area contributed by atoms with Crippen LogP contribution in [0.25, 0.3) is 0 Å². The Labute approximate surface area is 137 Å². The summed E-state index contributed by atoms with van der Waals surface area (Å²) in [7, 11) is 0. The zero-order chi connectivity index (χ0) is 16.6. The van der Waals surface area contributed by atoms with Crippen LogP contribution in [0, 0.1) is 0 Å². The minimum Gasteiger partial charge on any atom is -0.480 e. The standard InChI is InChI=1S/C19H35NO2/c1-4-6-8-10-12-14-16-20(18(3)19(21)22)17-15-13-11-9-7-5-2/h8-11,18H,4-7,12-17H2,1-3H3,(H,21,22)/b10-8+,11-9+. The number of carboxylic acids is 1. The Morgan fingerprint density at radius 2 is 1.32 bits per heavy atom. The molecule has 1 unspecified atom stereocenters. The summed E-state index contributed by atoms with van der Waals surface area (Å²) in [6.07, 6.45) is 17.7. The smallest absolute Gasteiger partial charge is 0.320 e. The first-order valence-electron chi connectivity index (χ1n) is 8.90. The Balaban J connectivity index is 4.07. The molecule has 0 heterocycles. The Bertz CT molecular complexity index is 301. The minimum atomic E-state index is -0.719. The van der Waals surface area contributed by atoms with Crippen LogP contribution in [-0.2, 0) is 4.79 Å². The average molecular weight is 309 g/mol. The van der Waals surface area contributed by atoms with Gasteiger partial charge in [0.2, 0.25) is 0 Å². The summed E-state index contributed by atoms with van der Waals surface area (Å²) >= 11 is 0. The third kappa shape index (κ3) is 11.6. The van der Waals surface area contributed by atoms with Crippen LogP contribution in [0.1, 0.15) is 72.1 Å². The molecule has 0 amide bonds. The van der Waals surface area contributed by atoms with E-state index in [2.05, 4.69) is 43.1 Å². The molecule has 0 saturated heterocycles. The highest BCUT2D eigenvalue weighted by molar-refractivity contribution is 5.72. The SMILES string of the molecule is CCC/C=C/CCCN(CCC/C=C/CCC)C(C)C(=O)O. The van der Waals surface area contributed by atoms with Crippen LogP contribution in [0.2, 0.25) is 0 Å². The van der Waals surface area contributed by atoms with E-state index in [4.69, 9.17) is 0 Å². The van der Waals surface area contributed by atoms with Crippen molar-refractivity contribution in [2.75, 3.05) is 13.1 Å². The van der Waals surface area contributed by atoms with Crippen LogP contribution in [-0.4, -0.2) is 35.1 Å². The molecular formula is C19H35NO2. The molecule has 0 aliphatic heterocycles. The van der Waals surface area contributed by atoms with Crippen molar-refractivity contribution in [3.8, 4) is 0 Å². The maximum atomic E-state index is 11.2. The summed E-state index contributed by atoms with van der Waals surface area (Å²) in [5.74, 6) is -0.719. The van der Waals surface area contributed by atoms with Gasteiger partial charge in [0.15, 0.2) is 0 Å².